The van der Waals surface area contributed by atoms with Gasteiger partial charge < -0.3 is 0 Å². The predicted octanol–water partition coefficient (Wildman–Crippen LogP) is 3.19. The summed E-state index contributed by atoms with van der Waals surface area (Å²) in [6.07, 6.45) is 7.10. The summed E-state index contributed by atoms with van der Waals surface area (Å²) in [4.78, 5) is 0. The molecule has 0 aromatic heterocycles. The van der Waals surface area contributed by atoms with Crippen molar-refractivity contribution in [3.8, 4) is 0 Å². The van der Waals surface area contributed by atoms with Crippen LogP contribution in [0.5, 0.6) is 0 Å². The van der Waals surface area contributed by atoms with Gasteiger partial charge in [-0.3, -0.25) is 4.70 Å². The fourth-order valence-corrected chi connectivity index (χ4v) is 1.78. The molecule has 0 rings (SSSR count). The Labute approximate surface area is 85.5 Å². The van der Waals surface area contributed by atoms with Crippen LogP contribution in [0.4, 0.5) is 8.59 Å². The molecular formula is C9H20F2O2S. The monoisotopic (exact) mass is 230 g/mol. The maximum atomic E-state index is 12.0. The van der Waals surface area contributed by atoms with Gasteiger partial charge in [-0.25, -0.2) is 0 Å². The molecule has 2 nitrogen and oxygen atoms in total. The largest absolute Gasteiger partial charge is 0.302 e. The van der Waals surface area contributed by atoms with E-state index in [1.165, 1.54) is 19.3 Å². The molecule has 0 amide bonds. The number of hydrogen-bond acceptors (Lipinski definition) is 2. The van der Waals surface area contributed by atoms with Gasteiger partial charge in [0.15, 0.2) is 0 Å². The smallest absolute Gasteiger partial charge is 0.269 e. The van der Waals surface area contributed by atoms with Gasteiger partial charge in [-0.1, -0.05) is 45.4 Å². The Morgan fingerprint density at radius 2 is 1.36 bits per heavy atom. The Morgan fingerprint density at radius 3 is 1.79 bits per heavy atom. The van der Waals surface area contributed by atoms with Gasteiger partial charge in [-0.15, -0.1) is 3.89 Å². The minimum absolute atomic E-state index is 0. The Kier molecular flexibility index (Phi) is 10.9. The first-order valence-electron chi connectivity index (χ1n) is 4.98. The molecule has 5 heteroatoms. The molecule has 14 heavy (non-hydrogen) atoms. The van der Waals surface area contributed by atoms with E-state index >= 15 is 0 Å². The number of unbranched alkanes of at least 4 members (excludes halogenated alkanes) is 6. The van der Waals surface area contributed by atoms with Crippen molar-refractivity contribution in [2.75, 3.05) is 5.75 Å². The summed E-state index contributed by atoms with van der Waals surface area (Å²) in [6, 6.07) is 0. The summed E-state index contributed by atoms with van der Waals surface area (Å²) in [7, 11) is -4.22. The molecular weight excluding hydrogens is 210 g/mol. The van der Waals surface area contributed by atoms with Crippen molar-refractivity contribution in [2.24, 2.45) is 0 Å². The summed E-state index contributed by atoms with van der Waals surface area (Å²) in [5, 5.41) is 0. The highest BCUT2D eigenvalue weighted by Crippen LogP contribution is 2.08. The zero-order chi connectivity index (χ0) is 10.2. The normalized spacial score (nSPS) is 11.0. The van der Waals surface area contributed by atoms with E-state index in [-0.39, 0.29) is 10.5 Å². The van der Waals surface area contributed by atoms with E-state index < -0.39 is 10.2 Å². The van der Waals surface area contributed by atoms with Crippen LogP contribution in [0.15, 0.2) is 0 Å². The van der Waals surface area contributed by atoms with E-state index in [0.29, 0.717) is 6.42 Å². The zero-order valence-corrected chi connectivity index (χ0v) is 9.48. The van der Waals surface area contributed by atoms with Crippen molar-refractivity contribution in [1.29, 1.82) is 0 Å². The summed E-state index contributed by atoms with van der Waals surface area (Å²) < 4.78 is 32.2. The first-order chi connectivity index (χ1) is 6.06. The number of rotatable bonds is 8. The van der Waals surface area contributed by atoms with Crippen molar-refractivity contribution in [3.63, 3.8) is 0 Å². The lowest BCUT2D eigenvalue weighted by molar-refractivity contribution is 0.543. The van der Waals surface area contributed by atoms with Crippen LogP contribution < -0.4 is 0 Å². The second-order valence-electron chi connectivity index (χ2n) is 3.36. The molecule has 0 unspecified atom stereocenters. The third kappa shape index (κ3) is 14.3. The average Bonchev–Trinajstić information content (AvgIpc) is 2.01. The molecule has 0 aliphatic carbocycles. The lowest BCUT2D eigenvalue weighted by atomic mass is 10.1. The minimum Gasteiger partial charge on any atom is -0.269 e. The standard InChI is InChI=1S/C9H19FO2S.FH/c1-2-3-4-5-6-7-8-9-13(10,11)12;/h2-9H2,1H3;1H. The van der Waals surface area contributed by atoms with Gasteiger partial charge in [0.2, 0.25) is 0 Å². The summed E-state index contributed by atoms with van der Waals surface area (Å²) >= 11 is 0. The van der Waals surface area contributed by atoms with Crippen molar-refractivity contribution >= 4 is 10.2 Å². The molecule has 88 valence electrons. The van der Waals surface area contributed by atoms with Gasteiger partial charge in [0.1, 0.15) is 0 Å². The highest BCUT2D eigenvalue weighted by atomic mass is 32.3. The predicted molar refractivity (Wildman–Crippen MR) is 55.4 cm³/mol. The molecule has 0 fully saturated rings. The maximum Gasteiger partial charge on any atom is 0.302 e. The van der Waals surface area contributed by atoms with Crippen LogP contribution in [-0.2, 0) is 10.2 Å². The van der Waals surface area contributed by atoms with Gasteiger partial charge in [-0.05, 0) is 6.42 Å². The topological polar surface area (TPSA) is 34.1 Å². The first-order valence-corrected chi connectivity index (χ1v) is 6.54. The summed E-state index contributed by atoms with van der Waals surface area (Å²) in [5.41, 5.74) is 0. The number of hydrogen-bond donors (Lipinski definition) is 0. The van der Waals surface area contributed by atoms with Gasteiger partial charge >= 0.3 is 10.2 Å². The van der Waals surface area contributed by atoms with Crippen LogP contribution >= 0.6 is 0 Å². The summed E-state index contributed by atoms with van der Waals surface area (Å²) in [5.74, 6) is -0.305. The molecule has 0 heterocycles. The van der Waals surface area contributed by atoms with Crippen molar-refractivity contribution in [2.45, 2.75) is 51.9 Å². The first kappa shape index (κ1) is 16.2. The van der Waals surface area contributed by atoms with Gasteiger partial charge in [-0.2, -0.15) is 8.42 Å². The fourth-order valence-electron chi connectivity index (χ4n) is 1.23. The Morgan fingerprint density at radius 1 is 0.929 bits per heavy atom. The molecule has 0 saturated carbocycles. The second kappa shape index (κ2) is 9.37. The Hall–Kier alpha value is -0.190. The Balaban J connectivity index is 0. The number of halogens is 2. The van der Waals surface area contributed by atoms with E-state index in [9.17, 15) is 12.3 Å². The molecule has 0 radical (unpaired) electrons. The fraction of sp³-hybridized carbons (Fsp3) is 1.00. The molecule has 0 aromatic carbocycles. The SMILES string of the molecule is CCCCCCCCCS(=O)(=O)F.F. The van der Waals surface area contributed by atoms with E-state index in [2.05, 4.69) is 6.92 Å². The molecule has 0 atom stereocenters. The molecule has 0 spiro atoms. The van der Waals surface area contributed by atoms with Gasteiger partial charge in [0.05, 0.1) is 5.75 Å². The second-order valence-corrected chi connectivity index (χ2v) is 4.85. The third-order valence-corrected chi connectivity index (χ3v) is 2.77. The molecule has 0 bridgehead atoms. The van der Waals surface area contributed by atoms with Crippen LogP contribution in [0.25, 0.3) is 0 Å². The van der Waals surface area contributed by atoms with E-state index in [0.717, 1.165) is 19.3 Å². The quantitative estimate of drug-likeness (QED) is 0.474. The van der Waals surface area contributed by atoms with E-state index in [1.54, 1.807) is 0 Å². The van der Waals surface area contributed by atoms with Crippen molar-refractivity contribution in [3.05, 3.63) is 0 Å². The molecule has 0 aliphatic heterocycles. The zero-order valence-electron chi connectivity index (χ0n) is 8.67. The maximum absolute atomic E-state index is 12.0. The van der Waals surface area contributed by atoms with Gasteiger partial charge in [0.25, 0.3) is 0 Å². The van der Waals surface area contributed by atoms with Crippen LogP contribution in [0.1, 0.15) is 51.9 Å². The third-order valence-electron chi connectivity index (χ3n) is 1.99. The lowest BCUT2D eigenvalue weighted by Gasteiger charge is -1.98. The average molecular weight is 230 g/mol. The minimum atomic E-state index is -4.22. The Bertz CT molecular complexity index is 203. The van der Waals surface area contributed by atoms with E-state index in [4.69, 9.17) is 0 Å². The van der Waals surface area contributed by atoms with Crippen molar-refractivity contribution < 1.29 is 17.0 Å². The van der Waals surface area contributed by atoms with Crippen LogP contribution in [0.2, 0.25) is 0 Å². The van der Waals surface area contributed by atoms with Crippen molar-refractivity contribution in [1.82, 2.24) is 0 Å². The van der Waals surface area contributed by atoms with Crippen LogP contribution in [0, 0.1) is 0 Å². The van der Waals surface area contributed by atoms with Crippen LogP contribution in [0.3, 0.4) is 0 Å². The molecule has 0 N–H and O–H groups in total. The molecule has 0 saturated heterocycles. The van der Waals surface area contributed by atoms with E-state index in [1.807, 2.05) is 0 Å². The lowest BCUT2D eigenvalue weighted by Crippen LogP contribution is -1.97. The molecule has 0 aliphatic rings. The highest BCUT2D eigenvalue weighted by Gasteiger charge is 2.04. The highest BCUT2D eigenvalue weighted by molar-refractivity contribution is 7.86. The summed E-state index contributed by atoms with van der Waals surface area (Å²) in [6.45, 7) is 2.15. The van der Waals surface area contributed by atoms with Gasteiger partial charge in [0, 0.05) is 0 Å². The molecule has 0 aromatic rings. The van der Waals surface area contributed by atoms with Crippen LogP contribution in [-0.4, -0.2) is 14.2 Å².